The van der Waals surface area contributed by atoms with Crippen molar-refractivity contribution in [1.29, 1.82) is 0 Å². The van der Waals surface area contributed by atoms with E-state index in [1.807, 2.05) is 12.1 Å². The third-order valence-corrected chi connectivity index (χ3v) is 4.21. The summed E-state index contributed by atoms with van der Waals surface area (Å²) < 4.78 is 1.69. The van der Waals surface area contributed by atoms with Crippen LogP contribution in [0.3, 0.4) is 0 Å². The fraction of sp³-hybridized carbons (Fsp3) is 0.250. The van der Waals surface area contributed by atoms with Crippen LogP contribution in [0.1, 0.15) is 39.5 Å². The van der Waals surface area contributed by atoms with Crippen molar-refractivity contribution in [3.8, 4) is 0 Å². The molecule has 0 bridgehead atoms. The quantitative estimate of drug-likeness (QED) is 0.685. The second kappa shape index (κ2) is 4.48. The van der Waals surface area contributed by atoms with Gasteiger partial charge in [0.25, 0.3) is 5.78 Å². The molecule has 0 saturated heterocycles. The minimum absolute atomic E-state index is 0.134. The molecule has 2 aromatic heterocycles. The number of benzene rings is 1. The zero-order valence-electron chi connectivity index (χ0n) is 11.7. The van der Waals surface area contributed by atoms with Crippen molar-refractivity contribution in [3.63, 3.8) is 0 Å². The lowest BCUT2D eigenvalue weighted by atomic mass is 9.80. The van der Waals surface area contributed by atoms with Gasteiger partial charge in [0, 0.05) is 12.6 Å². The minimum Gasteiger partial charge on any atom is -0.294 e. The van der Waals surface area contributed by atoms with Crippen LogP contribution in [0.2, 0.25) is 0 Å². The molecule has 2 heterocycles. The summed E-state index contributed by atoms with van der Waals surface area (Å²) in [7, 11) is 0. The summed E-state index contributed by atoms with van der Waals surface area (Å²) in [5, 5.41) is 4.21. The molecule has 0 amide bonds. The van der Waals surface area contributed by atoms with Crippen molar-refractivity contribution in [2.75, 3.05) is 0 Å². The number of nitrogens with zero attached hydrogens (tertiary/aromatic N) is 4. The molecule has 1 aliphatic carbocycles. The Morgan fingerprint density at radius 1 is 1.19 bits per heavy atom. The number of rotatable bonds is 1. The Morgan fingerprint density at radius 2 is 2.05 bits per heavy atom. The van der Waals surface area contributed by atoms with Gasteiger partial charge >= 0.3 is 0 Å². The zero-order chi connectivity index (χ0) is 14.4. The largest absolute Gasteiger partial charge is 0.294 e. The maximum atomic E-state index is 12.4. The molecule has 3 aromatic rings. The highest BCUT2D eigenvalue weighted by Crippen LogP contribution is 2.33. The minimum atomic E-state index is 0.134. The van der Waals surface area contributed by atoms with Crippen LogP contribution in [0, 0.1) is 6.92 Å². The molecular weight excluding hydrogens is 264 g/mol. The summed E-state index contributed by atoms with van der Waals surface area (Å²) in [5.74, 6) is 0.877. The molecule has 0 N–H and O–H groups in total. The van der Waals surface area contributed by atoms with Crippen LogP contribution in [-0.4, -0.2) is 25.4 Å². The van der Waals surface area contributed by atoms with Gasteiger partial charge in [-0.25, -0.2) is 9.50 Å². The smallest absolute Gasteiger partial charge is 0.252 e. The van der Waals surface area contributed by atoms with E-state index in [1.54, 1.807) is 10.7 Å². The fourth-order valence-corrected chi connectivity index (χ4v) is 3.16. The number of ketones is 1. The predicted molar refractivity (Wildman–Crippen MR) is 77.4 cm³/mol. The molecule has 4 rings (SSSR count). The highest BCUT2D eigenvalue weighted by atomic mass is 16.1. The van der Waals surface area contributed by atoms with E-state index in [0.29, 0.717) is 17.8 Å². The first-order valence-corrected chi connectivity index (χ1v) is 7.00. The van der Waals surface area contributed by atoms with Gasteiger partial charge in [0.1, 0.15) is 6.33 Å². The fourth-order valence-electron chi connectivity index (χ4n) is 3.16. The van der Waals surface area contributed by atoms with Crippen molar-refractivity contribution in [2.24, 2.45) is 0 Å². The van der Waals surface area contributed by atoms with Crippen molar-refractivity contribution < 1.29 is 4.79 Å². The van der Waals surface area contributed by atoms with Gasteiger partial charge in [-0.1, -0.05) is 24.3 Å². The molecule has 104 valence electrons. The molecule has 5 nitrogen and oxygen atoms in total. The summed E-state index contributed by atoms with van der Waals surface area (Å²) in [4.78, 5) is 20.7. The Hall–Kier alpha value is -2.56. The number of hydrogen-bond donors (Lipinski definition) is 0. The summed E-state index contributed by atoms with van der Waals surface area (Å²) in [5.41, 5.74) is 4.06. The van der Waals surface area contributed by atoms with Crippen molar-refractivity contribution >= 4 is 11.6 Å². The molecule has 21 heavy (non-hydrogen) atoms. The molecular formula is C16H14N4O. The standard InChI is InChI=1S/C16H14N4O/c1-10-4-2-3-5-12(10)11-6-14-13(15(21)7-11)8-17-16-18-9-19-20(14)16/h2-5,8-9,11H,6-7H2,1H3. The predicted octanol–water partition coefficient (Wildman–Crippen LogP) is 2.35. The average Bonchev–Trinajstić information content (AvgIpc) is 2.96. The van der Waals surface area contributed by atoms with Gasteiger partial charge < -0.3 is 0 Å². The molecule has 0 saturated carbocycles. The summed E-state index contributed by atoms with van der Waals surface area (Å²) >= 11 is 0. The lowest BCUT2D eigenvalue weighted by Gasteiger charge is -2.25. The van der Waals surface area contributed by atoms with E-state index in [-0.39, 0.29) is 11.7 Å². The first-order chi connectivity index (χ1) is 10.2. The van der Waals surface area contributed by atoms with Gasteiger partial charge in [0.05, 0.1) is 11.3 Å². The van der Waals surface area contributed by atoms with E-state index >= 15 is 0 Å². The molecule has 5 heteroatoms. The van der Waals surface area contributed by atoms with Gasteiger partial charge in [-0.3, -0.25) is 4.79 Å². The van der Waals surface area contributed by atoms with Gasteiger partial charge in [0.2, 0.25) is 0 Å². The Bertz CT molecular complexity index is 852. The summed E-state index contributed by atoms with van der Waals surface area (Å²) in [6.07, 6.45) is 4.42. The number of hydrogen-bond acceptors (Lipinski definition) is 4. The third-order valence-electron chi connectivity index (χ3n) is 4.21. The maximum absolute atomic E-state index is 12.4. The monoisotopic (exact) mass is 278 g/mol. The van der Waals surface area contributed by atoms with Crippen LogP contribution in [0.4, 0.5) is 0 Å². The van der Waals surface area contributed by atoms with E-state index in [2.05, 4.69) is 34.1 Å². The third kappa shape index (κ3) is 1.85. The topological polar surface area (TPSA) is 60.2 Å². The number of aryl methyl sites for hydroxylation is 1. The molecule has 1 atom stereocenters. The molecule has 1 unspecified atom stereocenters. The van der Waals surface area contributed by atoms with E-state index in [0.717, 1.165) is 12.1 Å². The molecule has 1 aromatic carbocycles. The Balaban J connectivity index is 1.86. The van der Waals surface area contributed by atoms with Crippen LogP contribution < -0.4 is 0 Å². The number of Topliss-reactive ketones (excluding diaryl/α,β-unsaturated/α-hetero) is 1. The Kier molecular flexibility index (Phi) is 2.60. The van der Waals surface area contributed by atoms with Crippen molar-refractivity contribution in [2.45, 2.75) is 25.7 Å². The highest BCUT2D eigenvalue weighted by molar-refractivity contribution is 5.98. The van der Waals surface area contributed by atoms with Crippen LogP contribution in [0.15, 0.2) is 36.8 Å². The number of carbonyl (C=O) groups is 1. The van der Waals surface area contributed by atoms with E-state index in [9.17, 15) is 4.79 Å². The first-order valence-electron chi connectivity index (χ1n) is 7.00. The first kappa shape index (κ1) is 12.2. The van der Waals surface area contributed by atoms with E-state index < -0.39 is 0 Å². The SMILES string of the molecule is Cc1ccccc1C1CC(=O)c2cnc3ncnn3c2C1. The highest BCUT2D eigenvalue weighted by Gasteiger charge is 2.29. The van der Waals surface area contributed by atoms with Crippen LogP contribution in [0.25, 0.3) is 5.78 Å². The number of fused-ring (bicyclic) bond motifs is 3. The van der Waals surface area contributed by atoms with Crippen molar-refractivity contribution in [3.05, 3.63) is 59.2 Å². The molecule has 0 radical (unpaired) electrons. The summed E-state index contributed by atoms with van der Waals surface area (Å²) in [6, 6.07) is 8.25. The Labute approximate surface area is 121 Å². The van der Waals surface area contributed by atoms with E-state index in [4.69, 9.17) is 0 Å². The van der Waals surface area contributed by atoms with E-state index in [1.165, 1.54) is 17.5 Å². The van der Waals surface area contributed by atoms with Gasteiger partial charge in [-0.05, 0) is 30.4 Å². The average molecular weight is 278 g/mol. The number of carbonyl (C=O) groups excluding carboxylic acids is 1. The van der Waals surface area contributed by atoms with Crippen LogP contribution >= 0.6 is 0 Å². The van der Waals surface area contributed by atoms with Crippen molar-refractivity contribution in [1.82, 2.24) is 19.6 Å². The normalized spacial score (nSPS) is 18.0. The van der Waals surface area contributed by atoms with Crippen LogP contribution in [-0.2, 0) is 6.42 Å². The lowest BCUT2D eigenvalue weighted by Crippen LogP contribution is -2.23. The van der Waals surface area contributed by atoms with Gasteiger partial charge in [-0.2, -0.15) is 10.1 Å². The lowest BCUT2D eigenvalue weighted by molar-refractivity contribution is 0.0962. The van der Waals surface area contributed by atoms with Gasteiger partial charge in [0.15, 0.2) is 5.78 Å². The Morgan fingerprint density at radius 3 is 2.90 bits per heavy atom. The molecule has 0 fully saturated rings. The van der Waals surface area contributed by atoms with Gasteiger partial charge in [-0.15, -0.1) is 0 Å². The second-order valence-corrected chi connectivity index (χ2v) is 5.48. The number of aromatic nitrogens is 4. The molecule has 0 spiro atoms. The molecule has 1 aliphatic rings. The van der Waals surface area contributed by atoms with Crippen LogP contribution in [0.5, 0.6) is 0 Å². The molecule has 0 aliphatic heterocycles. The zero-order valence-corrected chi connectivity index (χ0v) is 11.7. The maximum Gasteiger partial charge on any atom is 0.252 e. The second-order valence-electron chi connectivity index (χ2n) is 5.48. The summed E-state index contributed by atoms with van der Waals surface area (Å²) in [6.45, 7) is 2.09.